The third-order valence-corrected chi connectivity index (χ3v) is 15.0. The third-order valence-electron chi connectivity index (χ3n) is 12.8. The first-order valence-corrected chi connectivity index (χ1v) is 21.9. The maximum atomic E-state index is 4.84. The molecule has 276 valence electrons. The minimum atomic E-state index is -0.279. The number of hydrogen-bond acceptors (Lipinski definition) is 4. The average Bonchev–Trinajstić information content (AvgIpc) is 3.83. The summed E-state index contributed by atoms with van der Waals surface area (Å²) in [6, 6.07) is 47.9. The minimum Gasteiger partial charge on any atom is -0.255 e. The highest BCUT2D eigenvalue weighted by molar-refractivity contribution is 7.26. The minimum absolute atomic E-state index is 0.279. The van der Waals surface area contributed by atoms with Crippen LogP contribution in [0.5, 0.6) is 0 Å². The summed E-state index contributed by atoms with van der Waals surface area (Å²) < 4.78 is 5.00. The van der Waals surface area contributed by atoms with Crippen LogP contribution in [-0.4, -0.2) is 9.97 Å². The molecule has 5 aromatic carbocycles. The Morgan fingerprint density at radius 2 is 1.22 bits per heavy atom. The smallest absolute Gasteiger partial charge is 0.0888 e. The van der Waals surface area contributed by atoms with Gasteiger partial charge in [-0.15, -0.1) is 22.7 Å². The molecular formula is C54H38N2S2. The van der Waals surface area contributed by atoms with E-state index in [1.165, 1.54) is 102 Å². The summed E-state index contributed by atoms with van der Waals surface area (Å²) >= 11 is 3.64. The Kier molecular flexibility index (Phi) is 7.54. The van der Waals surface area contributed by atoms with Gasteiger partial charge in [0.25, 0.3) is 0 Å². The number of aromatic nitrogens is 2. The van der Waals surface area contributed by atoms with Crippen molar-refractivity contribution in [2.24, 2.45) is 5.92 Å². The van der Waals surface area contributed by atoms with Crippen LogP contribution in [-0.2, 0) is 5.41 Å². The molecule has 0 saturated heterocycles. The maximum absolute atomic E-state index is 4.84. The van der Waals surface area contributed by atoms with E-state index in [0.717, 1.165) is 23.9 Å². The van der Waals surface area contributed by atoms with E-state index in [9.17, 15) is 0 Å². The predicted octanol–water partition coefficient (Wildman–Crippen LogP) is 15.2. The number of benzene rings is 5. The molecule has 2 atom stereocenters. The van der Waals surface area contributed by atoms with Gasteiger partial charge in [0.1, 0.15) is 0 Å². The van der Waals surface area contributed by atoms with Crippen LogP contribution in [0.1, 0.15) is 54.5 Å². The van der Waals surface area contributed by atoms with Crippen molar-refractivity contribution in [3.05, 3.63) is 192 Å². The van der Waals surface area contributed by atoms with Crippen molar-refractivity contribution in [3.63, 3.8) is 0 Å². The van der Waals surface area contributed by atoms with E-state index >= 15 is 0 Å². The zero-order chi connectivity index (χ0) is 38.5. The van der Waals surface area contributed by atoms with Crippen LogP contribution in [0, 0.1) is 5.92 Å². The monoisotopic (exact) mass is 778 g/mol. The quantitative estimate of drug-likeness (QED) is 0.179. The van der Waals surface area contributed by atoms with Crippen LogP contribution < -0.4 is 0 Å². The summed E-state index contributed by atoms with van der Waals surface area (Å²) in [4.78, 5) is 9.67. The SMILES string of the molecule is CC1CC=CC2=C1c1ccccc1-c1cc(C3=CC(c4ccc5sc6cccnc6c5c4)=CC(C)(c4ccc5sc6cccnc6c5c4)C3)ccc1-c1ccccc12. The van der Waals surface area contributed by atoms with Gasteiger partial charge in [0, 0.05) is 38.0 Å². The molecule has 9 aromatic rings. The Morgan fingerprint density at radius 3 is 1.98 bits per heavy atom. The van der Waals surface area contributed by atoms with Crippen molar-refractivity contribution in [2.45, 2.75) is 32.1 Å². The first-order valence-electron chi connectivity index (χ1n) is 20.2. The van der Waals surface area contributed by atoms with Crippen LogP contribution in [0.2, 0.25) is 0 Å². The molecule has 0 amide bonds. The molecular weight excluding hydrogens is 741 g/mol. The second-order valence-corrected chi connectivity index (χ2v) is 18.6. The summed E-state index contributed by atoms with van der Waals surface area (Å²) in [7, 11) is 0. The fourth-order valence-electron chi connectivity index (χ4n) is 9.95. The Balaban J connectivity index is 1.07. The molecule has 4 heteroatoms. The highest BCUT2D eigenvalue weighted by atomic mass is 32.1. The first kappa shape index (κ1) is 33.9. The van der Waals surface area contributed by atoms with Crippen LogP contribution in [0.4, 0.5) is 0 Å². The van der Waals surface area contributed by atoms with E-state index < -0.39 is 0 Å². The van der Waals surface area contributed by atoms with Gasteiger partial charge >= 0.3 is 0 Å². The van der Waals surface area contributed by atoms with Gasteiger partial charge in [-0.05, 0) is 146 Å². The van der Waals surface area contributed by atoms with Gasteiger partial charge in [-0.2, -0.15) is 0 Å². The number of nitrogens with zero attached hydrogens (tertiary/aromatic N) is 2. The normalized spacial score (nSPS) is 18.7. The number of hydrogen-bond donors (Lipinski definition) is 0. The van der Waals surface area contributed by atoms with E-state index in [-0.39, 0.29) is 5.41 Å². The lowest BCUT2D eigenvalue weighted by atomic mass is 9.70. The molecule has 0 bridgehead atoms. The maximum Gasteiger partial charge on any atom is 0.0888 e. The van der Waals surface area contributed by atoms with Gasteiger partial charge in [-0.1, -0.05) is 111 Å². The molecule has 0 saturated carbocycles. The molecule has 0 aliphatic heterocycles. The zero-order valence-corrected chi connectivity index (χ0v) is 33.9. The summed E-state index contributed by atoms with van der Waals surface area (Å²) in [6.07, 6.45) is 15.5. The highest BCUT2D eigenvalue weighted by Crippen LogP contribution is 2.51. The largest absolute Gasteiger partial charge is 0.255 e. The van der Waals surface area contributed by atoms with Crippen molar-refractivity contribution in [3.8, 4) is 22.3 Å². The van der Waals surface area contributed by atoms with E-state index in [4.69, 9.17) is 9.97 Å². The predicted molar refractivity (Wildman–Crippen MR) is 249 cm³/mol. The zero-order valence-electron chi connectivity index (χ0n) is 32.3. The van der Waals surface area contributed by atoms with Gasteiger partial charge in [0.2, 0.25) is 0 Å². The fraction of sp³-hybridized carbons (Fsp3) is 0.111. The first-order chi connectivity index (χ1) is 28.5. The van der Waals surface area contributed by atoms with Crippen LogP contribution >= 0.6 is 22.7 Å². The highest BCUT2D eigenvalue weighted by Gasteiger charge is 2.32. The van der Waals surface area contributed by atoms with Crippen molar-refractivity contribution in [1.82, 2.24) is 9.97 Å². The molecule has 3 aliphatic rings. The summed E-state index contributed by atoms with van der Waals surface area (Å²) in [5.41, 5.74) is 18.9. The van der Waals surface area contributed by atoms with Crippen LogP contribution in [0.15, 0.2) is 164 Å². The number of pyridine rings is 2. The Bertz CT molecular complexity index is 3330. The topological polar surface area (TPSA) is 25.8 Å². The second kappa shape index (κ2) is 12.9. The Morgan fingerprint density at radius 1 is 0.586 bits per heavy atom. The van der Waals surface area contributed by atoms with Crippen LogP contribution in [0.25, 0.3) is 85.2 Å². The molecule has 4 aromatic heterocycles. The molecule has 0 radical (unpaired) electrons. The van der Waals surface area contributed by atoms with Crippen molar-refractivity contribution in [2.75, 3.05) is 0 Å². The molecule has 4 heterocycles. The molecule has 2 unspecified atom stereocenters. The summed E-state index contributed by atoms with van der Waals surface area (Å²) in [6.45, 7) is 4.81. The van der Waals surface area contributed by atoms with Gasteiger partial charge in [-0.25, -0.2) is 0 Å². The Labute approximate surface area is 345 Å². The molecule has 2 nitrogen and oxygen atoms in total. The summed E-state index contributed by atoms with van der Waals surface area (Å²) in [5, 5.41) is 2.45. The van der Waals surface area contributed by atoms with Gasteiger partial charge in [-0.3, -0.25) is 9.97 Å². The lowest BCUT2D eigenvalue weighted by Gasteiger charge is -2.34. The Hall–Kier alpha value is -6.20. The van der Waals surface area contributed by atoms with Crippen molar-refractivity contribution in [1.29, 1.82) is 0 Å². The standard InChI is InChI=1S/C54H38N2S2/c1-32-10-7-15-43-39-12-4-3-11-38(39)41-21-18-33(27-44(41)40-13-5-6-14-42(40)51(32)43)35-26-36(34-19-22-47-45(28-34)52-49(57-47)16-8-24-55-52)31-54(2,30-35)37-20-23-48-46(29-37)53-50(58-48)17-9-25-56-53/h3-9,11-29,31-32H,10,30H2,1-2H3. The third kappa shape index (κ3) is 5.22. The lowest BCUT2D eigenvalue weighted by Crippen LogP contribution is -2.22. The molecule has 0 fully saturated rings. The number of rotatable bonds is 3. The van der Waals surface area contributed by atoms with E-state index in [0.29, 0.717) is 5.92 Å². The molecule has 0 N–H and O–H groups in total. The number of fused-ring (bicyclic) bond motifs is 13. The molecule has 3 aliphatic carbocycles. The van der Waals surface area contributed by atoms with Gasteiger partial charge < -0.3 is 0 Å². The van der Waals surface area contributed by atoms with Crippen molar-refractivity contribution >= 4 is 85.6 Å². The molecule has 58 heavy (non-hydrogen) atoms. The van der Waals surface area contributed by atoms with Gasteiger partial charge in [0.05, 0.1) is 20.4 Å². The van der Waals surface area contributed by atoms with E-state index in [1.807, 2.05) is 47.2 Å². The average molecular weight is 779 g/mol. The van der Waals surface area contributed by atoms with Crippen LogP contribution in [0.3, 0.4) is 0 Å². The number of thiophene rings is 2. The molecule has 0 spiro atoms. The van der Waals surface area contributed by atoms with E-state index in [1.54, 1.807) is 0 Å². The summed E-state index contributed by atoms with van der Waals surface area (Å²) in [5.74, 6) is 0.425. The number of allylic oxidation sites excluding steroid dienone is 8. The second-order valence-electron chi connectivity index (χ2n) is 16.4. The fourth-order valence-corrected chi connectivity index (χ4v) is 12.0. The van der Waals surface area contributed by atoms with E-state index in [2.05, 4.69) is 153 Å². The van der Waals surface area contributed by atoms with Crippen molar-refractivity contribution < 1.29 is 0 Å². The molecule has 12 rings (SSSR count). The lowest BCUT2D eigenvalue weighted by molar-refractivity contribution is 0.612. The van der Waals surface area contributed by atoms with Gasteiger partial charge in [0.15, 0.2) is 0 Å².